The SMILES string of the molecule is CCCCCCCCCCCCc1c2cc(Br)sc2c(CCCCCCCCCCCC)c2cc(Br)sc12. The standard InChI is InChI=1S/C34H52Br2S2/c1-3-5-7-9-11-13-15-17-19-21-23-27-29-25-31(35)38-34(29)28(30-26-32(36)37-33(27)30)24-22-20-18-16-14-12-10-8-6-4-2/h25-26H,3-24H2,1-2H3. The van der Waals surface area contributed by atoms with Crippen molar-refractivity contribution in [3.05, 3.63) is 30.8 Å². The molecule has 3 aromatic rings. The first-order chi connectivity index (χ1) is 18.7. The van der Waals surface area contributed by atoms with Crippen molar-refractivity contribution in [1.82, 2.24) is 0 Å². The number of halogens is 2. The molecule has 0 radical (unpaired) electrons. The van der Waals surface area contributed by atoms with Crippen LogP contribution in [0.2, 0.25) is 0 Å². The molecule has 3 rings (SSSR count). The molecule has 1 aromatic carbocycles. The Kier molecular flexibility index (Phi) is 16.5. The molecule has 2 heterocycles. The normalized spacial score (nSPS) is 11.9. The monoisotopic (exact) mass is 682 g/mol. The van der Waals surface area contributed by atoms with Crippen molar-refractivity contribution in [2.75, 3.05) is 0 Å². The minimum Gasteiger partial charge on any atom is -0.128 e. The summed E-state index contributed by atoms with van der Waals surface area (Å²) in [6.07, 6.45) is 30.5. The van der Waals surface area contributed by atoms with Crippen LogP contribution in [0.5, 0.6) is 0 Å². The van der Waals surface area contributed by atoms with Crippen LogP contribution in [0, 0.1) is 0 Å². The predicted molar refractivity (Wildman–Crippen MR) is 184 cm³/mol. The fourth-order valence-electron chi connectivity index (χ4n) is 5.94. The molecular formula is C34H52Br2S2. The van der Waals surface area contributed by atoms with Crippen molar-refractivity contribution in [2.45, 2.75) is 155 Å². The number of fused-ring (bicyclic) bond motifs is 2. The van der Waals surface area contributed by atoms with E-state index < -0.39 is 0 Å². The molecule has 38 heavy (non-hydrogen) atoms. The number of unbranched alkanes of at least 4 members (excludes halogenated alkanes) is 18. The quantitative estimate of drug-likeness (QED) is 0.0924. The summed E-state index contributed by atoms with van der Waals surface area (Å²) >= 11 is 11.6. The number of hydrogen-bond acceptors (Lipinski definition) is 2. The maximum atomic E-state index is 3.85. The van der Waals surface area contributed by atoms with E-state index >= 15 is 0 Å². The van der Waals surface area contributed by atoms with Gasteiger partial charge in [0.15, 0.2) is 0 Å². The van der Waals surface area contributed by atoms with Crippen LogP contribution in [0.15, 0.2) is 19.7 Å². The highest BCUT2D eigenvalue weighted by Crippen LogP contribution is 2.45. The molecular weight excluding hydrogens is 632 g/mol. The van der Waals surface area contributed by atoms with Gasteiger partial charge >= 0.3 is 0 Å². The van der Waals surface area contributed by atoms with Crippen LogP contribution in [0.1, 0.15) is 153 Å². The van der Waals surface area contributed by atoms with Crippen LogP contribution in [0.25, 0.3) is 20.2 Å². The Morgan fingerprint density at radius 2 is 0.737 bits per heavy atom. The van der Waals surface area contributed by atoms with E-state index in [1.165, 1.54) is 160 Å². The maximum absolute atomic E-state index is 3.85. The fourth-order valence-corrected chi connectivity index (χ4v) is 9.37. The van der Waals surface area contributed by atoms with E-state index in [0.717, 1.165) is 0 Å². The van der Waals surface area contributed by atoms with Gasteiger partial charge in [-0.1, -0.05) is 129 Å². The van der Waals surface area contributed by atoms with Gasteiger partial charge < -0.3 is 0 Å². The van der Waals surface area contributed by atoms with E-state index in [1.54, 1.807) is 20.5 Å². The zero-order valence-electron chi connectivity index (χ0n) is 24.3. The van der Waals surface area contributed by atoms with Crippen LogP contribution >= 0.6 is 54.5 Å². The minimum absolute atomic E-state index is 1.22. The Labute approximate surface area is 259 Å². The number of hydrogen-bond donors (Lipinski definition) is 0. The van der Waals surface area contributed by atoms with E-state index in [1.807, 2.05) is 22.7 Å². The lowest BCUT2D eigenvalue weighted by molar-refractivity contribution is 0.556. The lowest BCUT2D eigenvalue weighted by atomic mass is 9.95. The number of benzene rings is 1. The number of aryl methyl sites for hydroxylation is 2. The number of rotatable bonds is 22. The molecule has 0 spiro atoms. The molecule has 214 valence electrons. The summed E-state index contributed by atoms with van der Waals surface area (Å²) in [6, 6.07) is 4.83. The summed E-state index contributed by atoms with van der Waals surface area (Å²) in [5.74, 6) is 0. The van der Waals surface area contributed by atoms with Gasteiger partial charge in [0.25, 0.3) is 0 Å². The zero-order chi connectivity index (χ0) is 27.0. The predicted octanol–water partition coefficient (Wildman–Crippen LogP) is 14.6. The summed E-state index contributed by atoms with van der Waals surface area (Å²) in [5, 5.41) is 3.06. The molecule has 0 aliphatic carbocycles. The van der Waals surface area contributed by atoms with Crippen molar-refractivity contribution < 1.29 is 0 Å². The van der Waals surface area contributed by atoms with Gasteiger partial charge in [-0.3, -0.25) is 0 Å². The highest BCUT2D eigenvalue weighted by atomic mass is 79.9. The van der Waals surface area contributed by atoms with Crippen molar-refractivity contribution in [2.24, 2.45) is 0 Å². The van der Waals surface area contributed by atoms with Gasteiger partial charge in [0.05, 0.1) is 7.57 Å². The lowest BCUT2D eigenvalue weighted by Gasteiger charge is -2.12. The van der Waals surface area contributed by atoms with Crippen LogP contribution in [-0.2, 0) is 12.8 Å². The first-order valence-electron chi connectivity index (χ1n) is 16.0. The van der Waals surface area contributed by atoms with E-state index in [9.17, 15) is 0 Å². The van der Waals surface area contributed by atoms with E-state index in [-0.39, 0.29) is 0 Å². The van der Waals surface area contributed by atoms with E-state index in [0.29, 0.717) is 0 Å². The molecule has 0 saturated heterocycles. The van der Waals surface area contributed by atoms with Gasteiger partial charge in [-0.2, -0.15) is 0 Å². The van der Waals surface area contributed by atoms with Crippen molar-refractivity contribution in [1.29, 1.82) is 0 Å². The highest BCUT2D eigenvalue weighted by Gasteiger charge is 2.18. The van der Waals surface area contributed by atoms with E-state index in [4.69, 9.17) is 0 Å². The van der Waals surface area contributed by atoms with Gasteiger partial charge in [-0.25, -0.2) is 0 Å². The Morgan fingerprint density at radius 1 is 0.447 bits per heavy atom. The number of thiophene rings is 2. The molecule has 2 aromatic heterocycles. The lowest BCUT2D eigenvalue weighted by Crippen LogP contribution is -1.93. The second kappa shape index (κ2) is 19.3. The van der Waals surface area contributed by atoms with Crippen LogP contribution in [0.4, 0.5) is 0 Å². The molecule has 0 fully saturated rings. The summed E-state index contributed by atoms with van der Waals surface area (Å²) in [4.78, 5) is 0. The maximum Gasteiger partial charge on any atom is 0.0711 e. The summed E-state index contributed by atoms with van der Waals surface area (Å²) in [5.41, 5.74) is 3.22. The molecule has 0 unspecified atom stereocenters. The molecule has 0 amide bonds. The summed E-state index contributed by atoms with van der Waals surface area (Å²) in [7, 11) is 0. The van der Waals surface area contributed by atoms with Crippen molar-refractivity contribution >= 4 is 74.7 Å². The summed E-state index contributed by atoms with van der Waals surface area (Å²) < 4.78 is 5.68. The Hall–Kier alpha value is 0.1000. The van der Waals surface area contributed by atoms with Crippen LogP contribution in [0.3, 0.4) is 0 Å². The third-order valence-electron chi connectivity index (χ3n) is 8.16. The third-order valence-corrected chi connectivity index (χ3v) is 11.6. The smallest absolute Gasteiger partial charge is 0.0711 e. The second-order valence-electron chi connectivity index (χ2n) is 11.4. The summed E-state index contributed by atoms with van der Waals surface area (Å²) in [6.45, 7) is 4.61. The van der Waals surface area contributed by atoms with Crippen LogP contribution in [-0.4, -0.2) is 0 Å². The highest BCUT2D eigenvalue weighted by molar-refractivity contribution is 9.11. The molecule has 0 atom stereocenters. The largest absolute Gasteiger partial charge is 0.128 e. The van der Waals surface area contributed by atoms with Crippen molar-refractivity contribution in [3.63, 3.8) is 0 Å². The van der Waals surface area contributed by atoms with E-state index in [2.05, 4.69) is 57.8 Å². The topological polar surface area (TPSA) is 0 Å². The van der Waals surface area contributed by atoms with Gasteiger partial charge in [0, 0.05) is 9.40 Å². The Morgan fingerprint density at radius 3 is 1.05 bits per heavy atom. The first kappa shape index (κ1) is 32.6. The van der Waals surface area contributed by atoms with Gasteiger partial charge in [-0.05, 0) is 91.6 Å². The molecule has 0 N–H and O–H groups in total. The molecule has 0 bridgehead atoms. The first-order valence-corrected chi connectivity index (χ1v) is 19.2. The molecule has 0 saturated carbocycles. The zero-order valence-corrected chi connectivity index (χ0v) is 29.1. The third kappa shape index (κ3) is 10.8. The van der Waals surface area contributed by atoms with Gasteiger partial charge in [0.1, 0.15) is 0 Å². The second-order valence-corrected chi connectivity index (χ2v) is 16.3. The Bertz CT molecular complexity index is 911. The molecule has 0 aliphatic rings. The minimum atomic E-state index is 1.22. The average molecular weight is 685 g/mol. The van der Waals surface area contributed by atoms with Crippen molar-refractivity contribution in [3.8, 4) is 0 Å². The average Bonchev–Trinajstić information content (AvgIpc) is 3.48. The fraction of sp³-hybridized carbons (Fsp3) is 0.706. The van der Waals surface area contributed by atoms with Gasteiger partial charge in [-0.15, -0.1) is 22.7 Å². The van der Waals surface area contributed by atoms with Gasteiger partial charge in [0.2, 0.25) is 0 Å². The Balaban J connectivity index is 1.52. The molecule has 4 heteroatoms. The molecule has 0 nitrogen and oxygen atoms in total. The molecule has 0 aliphatic heterocycles. The van der Waals surface area contributed by atoms with Crippen LogP contribution < -0.4 is 0 Å².